The first-order chi connectivity index (χ1) is 10.4. The lowest BCUT2D eigenvalue weighted by molar-refractivity contribution is -0.140. The molecule has 1 aliphatic heterocycles. The summed E-state index contributed by atoms with van der Waals surface area (Å²) in [7, 11) is 1.56. The smallest absolute Gasteiger partial charge is 0.317 e. The van der Waals surface area contributed by atoms with Crippen LogP contribution in [0.2, 0.25) is 0 Å². The van der Waals surface area contributed by atoms with Crippen molar-refractivity contribution in [3.8, 4) is 0 Å². The van der Waals surface area contributed by atoms with Crippen molar-refractivity contribution in [2.75, 3.05) is 66.0 Å². The van der Waals surface area contributed by atoms with E-state index in [0.29, 0.717) is 39.3 Å². The van der Waals surface area contributed by atoms with Crippen LogP contribution in [0.25, 0.3) is 0 Å². The van der Waals surface area contributed by atoms with Gasteiger partial charge < -0.3 is 15.5 Å². The number of amides is 1. The summed E-state index contributed by atoms with van der Waals surface area (Å²) in [5, 5.41) is 20.4. The fraction of sp³-hybridized carbons (Fsp3) is 0.769. The monoisotopic (exact) mass is 316 g/mol. The van der Waals surface area contributed by atoms with Gasteiger partial charge in [-0.3, -0.25) is 29.1 Å². The van der Waals surface area contributed by atoms with Crippen LogP contribution in [0.15, 0.2) is 0 Å². The van der Waals surface area contributed by atoms with Crippen LogP contribution in [-0.4, -0.2) is 109 Å². The van der Waals surface area contributed by atoms with Crippen molar-refractivity contribution in [1.82, 2.24) is 20.0 Å². The summed E-state index contributed by atoms with van der Waals surface area (Å²) < 4.78 is 0. The van der Waals surface area contributed by atoms with Crippen LogP contribution in [-0.2, 0) is 14.4 Å². The molecule has 1 heterocycles. The first kappa shape index (κ1) is 18.3. The highest BCUT2D eigenvalue weighted by molar-refractivity contribution is 5.77. The molecule has 1 rings (SSSR count). The molecule has 22 heavy (non-hydrogen) atoms. The van der Waals surface area contributed by atoms with Gasteiger partial charge in [0, 0.05) is 46.3 Å². The third-order valence-electron chi connectivity index (χ3n) is 3.56. The fourth-order valence-corrected chi connectivity index (χ4v) is 2.32. The van der Waals surface area contributed by atoms with Gasteiger partial charge in [-0.1, -0.05) is 0 Å². The normalized spacial score (nSPS) is 19.0. The Morgan fingerprint density at radius 3 is 1.36 bits per heavy atom. The lowest BCUT2D eigenvalue weighted by Gasteiger charge is -2.24. The van der Waals surface area contributed by atoms with Crippen LogP contribution >= 0.6 is 0 Å². The average molecular weight is 316 g/mol. The van der Waals surface area contributed by atoms with Gasteiger partial charge in [-0.25, -0.2) is 0 Å². The molecule has 3 N–H and O–H groups in total. The van der Waals surface area contributed by atoms with E-state index in [4.69, 9.17) is 10.2 Å². The highest BCUT2D eigenvalue weighted by atomic mass is 16.4. The predicted octanol–water partition coefficient (Wildman–Crippen LogP) is -2.18. The first-order valence-corrected chi connectivity index (χ1v) is 7.22. The van der Waals surface area contributed by atoms with Crippen molar-refractivity contribution in [2.45, 2.75) is 0 Å². The van der Waals surface area contributed by atoms with Crippen molar-refractivity contribution in [2.24, 2.45) is 0 Å². The molecule has 1 saturated heterocycles. The van der Waals surface area contributed by atoms with Crippen LogP contribution in [0.5, 0.6) is 0 Å². The minimum absolute atomic E-state index is 0.0886. The minimum atomic E-state index is -0.915. The molecule has 0 aromatic rings. The molecule has 0 radical (unpaired) electrons. The van der Waals surface area contributed by atoms with Crippen molar-refractivity contribution in [3.63, 3.8) is 0 Å². The predicted molar refractivity (Wildman–Crippen MR) is 78.7 cm³/mol. The third-order valence-corrected chi connectivity index (χ3v) is 3.56. The number of aliphatic carboxylic acids is 2. The molecular weight excluding hydrogens is 292 g/mol. The van der Waals surface area contributed by atoms with Crippen LogP contribution in [0.3, 0.4) is 0 Å². The number of nitrogens with one attached hydrogen (secondary N) is 1. The van der Waals surface area contributed by atoms with Crippen LogP contribution in [0.4, 0.5) is 0 Å². The molecule has 1 amide bonds. The number of likely N-dealkylation sites (N-methyl/N-ethyl adjacent to an activating group) is 1. The van der Waals surface area contributed by atoms with Gasteiger partial charge in [0.25, 0.3) is 0 Å². The lowest BCUT2D eigenvalue weighted by Crippen LogP contribution is -2.42. The summed E-state index contributed by atoms with van der Waals surface area (Å²) in [5.41, 5.74) is 0. The molecular formula is C13H24N4O5. The lowest BCUT2D eigenvalue weighted by atomic mass is 10.4. The molecule has 9 heteroatoms. The number of hydrogen-bond acceptors (Lipinski definition) is 6. The number of carboxylic acid groups (broad SMARTS) is 2. The minimum Gasteiger partial charge on any atom is -0.480 e. The molecule has 1 aliphatic rings. The Balaban J connectivity index is 2.69. The fourth-order valence-electron chi connectivity index (χ4n) is 2.32. The summed E-state index contributed by atoms with van der Waals surface area (Å²) >= 11 is 0. The Morgan fingerprint density at radius 2 is 1.09 bits per heavy atom. The Bertz CT molecular complexity index is 376. The molecule has 0 unspecified atom stereocenters. The van der Waals surface area contributed by atoms with Gasteiger partial charge in [0.15, 0.2) is 0 Å². The molecule has 0 saturated carbocycles. The number of hydrogen-bond donors (Lipinski definition) is 3. The Kier molecular flexibility index (Phi) is 7.78. The maximum atomic E-state index is 11.5. The van der Waals surface area contributed by atoms with Gasteiger partial charge >= 0.3 is 11.9 Å². The van der Waals surface area contributed by atoms with Gasteiger partial charge in [0.05, 0.1) is 19.6 Å². The second kappa shape index (κ2) is 9.34. The summed E-state index contributed by atoms with van der Waals surface area (Å²) in [6.07, 6.45) is 0. The Hall–Kier alpha value is -1.71. The van der Waals surface area contributed by atoms with Crippen LogP contribution in [0, 0.1) is 0 Å². The van der Waals surface area contributed by atoms with Gasteiger partial charge in [-0.15, -0.1) is 0 Å². The molecule has 0 aromatic carbocycles. The highest BCUT2D eigenvalue weighted by Gasteiger charge is 2.20. The molecule has 126 valence electrons. The van der Waals surface area contributed by atoms with Crippen molar-refractivity contribution < 1.29 is 24.6 Å². The summed E-state index contributed by atoms with van der Waals surface area (Å²) in [4.78, 5) is 38.7. The van der Waals surface area contributed by atoms with E-state index in [2.05, 4.69) is 5.32 Å². The summed E-state index contributed by atoms with van der Waals surface area (Å²) in [5.74, 6) is -1.95. The number of nitrogens with zero attached hydrogens (tertiary/aromatic N) is 3. The van der Waals surface area contributed by atoms with E-state index in [1.807, 2.05) is 4.90 Å². The molecule has 9 nitrogen and oxygen atoms in total. The number of carbonyl (C=O) groups is 3. The largest absolute Gasteiger partial charge is 0.480 e. The second-order valence-electron chi connectivity index (χ2n) is 5.29. The number of carbonyl (C=O) groups excluding carboxylic acids is 1. The zero-order valence-corrected chi connectivity index (χ0v) is 12.8. The highest BCUT2D eigenvalue weighted by Crippen LogP contribution is 2.00. The van der Waals surface area contributed by atoms with Crippen LogP contribution in [0.1, 0.15) is 0 Å². The van der Waals surface area contributed by atoms with Gasteiger partial charge in [0.1, 0.15) is 0 Å². The van der Waals surface area contributed by atoms with Crippen LogP contribution < -0.4 is 5.32 Å². The van der Waals surface area contributed by atoms with E-state index in [1.165, 1.54) is 0 Å². The number of carboxylic acids is 2. The van der Waals surface area contributed by atoms with E-state index >= 15 is 0 Å². The topological polar surface area (TPSA) is 113 Å². The molecule has 0 spiro atoms. The summed E-state index contributed by atoms with van der Waals surface area (Å²) in [6, 6.07) is 0. The van der Waals surface area contributed by atoms with Crippen molar-refractivity contribution in [1.29, 1.82) is 0 Å². The SMILES string of the molecule is CNC(=O)CN1CCN(CC(=O)O)CCN(CC(=O)O)CC1. The van der Waals surface area contributed by atoms with E-state index in [9.17, 15) is 14.4 Å². The standard InChI is InChI=1S/C13H24N4O5/c1-14-11(18)8-15-2-4-16(9-12(19)20)6-7-17(5-3-15)10-13(21)22/h2-10H2,1H3,(H,14,18)(H,19,20)(H,21,22). The van der Waals surface area contributed by atoms with E-state index in [1.54, 1.807) is 16.8 Å². The molecule has 0 aliphatic carbocycles. The molecule has 0 bridgehead atoms. The zero-order valence-electron chi connectivity index (χ0n) is 12.8. The van der Waals surface area contributed by atoms with Gasteiger partial charge in [-0.05, 0) is 0 Å². The summed E-state index contributed by atoms with van der Waals surface area (Å²) in [6.45, 7) is 3.24. The molecule has 0 aromatic heterocycles. The first-order valence-electron chi connectivity index (χ1n) is 7.22. The third kappa shape index (κ3) is 7.34. The van der Waals surface area contributed by atoms with Crippen molar-refractivity contribution in [3.05, 3.63) is 0 Å². The zero-order chi connectivity index (χ0) is 16.5. The second-order valence-corrected chi connectivity index (χ2v) is 5.29. The van der Waals surface area contributed by atoms with E-state index < -0.39 is 11.9 Å². The Labute approximate surface area is 129 Å². The van der Waals surface area contributed by atoms with Gasteiger partial charge in [-0.2, -0.15) is 0 Å². The quantitative estimate of drug-likeness (QED) is 0.507. The Morgan fingerprint density at radius 1 is 0.773 bits per heavy atom. The molecule has 1 fully saturated rings. The van der Waals surface area contributed by atoms with E-state index in [0.717, 1.165) is 0 Å². The molecule has 0 atom stereocenters. The van der Waals surface area contributed by atoms with Crippen molar-refractivity contribution >= 4 is 17.8 Å². The maximum Gasteiger partial charge on any atom is 0.317 e. The number of rotatable bonds is 6. The van der Waals surface area contributed by atoms with E-state index in [-0.39, 0.29) is 25.5 Å². The van der Waals surface area contributed by atoms with Gasteiger partial charge in [0.2, 0.25) is 5.91 Å². The maximum absolute atomic E-state index is 11.5. The average Bonchev–Trinajstić information content (AvgIpc) is 2.51.